The van der Waals surface area contributed by atoms with E-state index < -0.39 is 8.07 Å². The largest absolute Gasteiger partial charge is 0.351 e. The van der Waals surface area contributed by atoms with E-state index in [-0.39, 0.29) is 0 Å². The van der Waals surface area contributed by atoms with Gasteiger partial charge in [-0.3, -0.25) is 0 Å². The summed E-state index contributed by atoms with van der Waals surface area (Å²) in [5.74, 6) is 0. The summed E-state index contributed by atoms with van der Waals surface area (Å²) in [6, 6.07) is 11.7. The number of nitrogens with zero attached hydrogens (tertiary/aromatic N) is 1. The smallest absolute Gasteiger partial charge is 0.0480 e. The van der Waals surface area contributed by atoms with E-state index in [0.29, 0.717) is 0 Å². The first-order chi connectivity index (χ1) is 6.99. The second-order valence-electron chi connectivity index (χ2n) is 5.10. The van der Waals surface area contributed by atoms with Crippen molar-refractivity contribution in [2.24, 2.45) is 0 Å². The lowest BCUT2D eigenvalue weighted by Gasteiger charge is -2.16. The molecule has 0 radical (unpaired) electrons. The van der Waals surface area contributed by atoms with Gasteiger partial charge in [0.2, 0.25) is 0 Å². The van der Waals surface area contributed by atoms with Crippen molar-refractivity contribution in [3.63, 3.8) is 0 Å². The van der Waals surface area contributed by atoms with Crippen molar-refractivity contribution in [1.29, 1.82) is 0 Å². The summed E-state index contributed by atoms with van der Waals surface area (Å²) in [5, 5.41) is 0. The number of benzene rings is 1. The Labute approximate surface area is 94.4 Å². The zero-order valence-corrected chi connectivity index (χ0v) is 11.2. The van der Waals surface area contributed by atoms with Gasteiger partial charge >= 0.3 is 0 Å². The second kappa shape index (κ2) is 5.17. The van der Waals surface area contributed by atoms with Crippen molar-refractivity contribution in [2.75, 3.05) is 11.9 Å². The van der Waals surface area contributed by atoms with Crippen molar-refractivity contribution in [3.8, 4) is 0 Å². The van der Waals surface area contributed by atoms with Crippen molar-refractivity contribution < 1.29 is 0 Å². The highest BCUT2D eigenvalue weighted by Gasteiger charge is 2.09. The third-order valence-electron chi connectivity index (χ3n) is 2.22. The van der Waals surface area contributed by atoms with Gasteiger partial charge in [-0.1, -0.05) is 43.9 Å². The third-order valence-corrected chi connectivity index (χ3v) is 3.68. The molecule has 0 bridgehead atoms. The zero-order chi connectivity index (χ0) is 11.3. The van der Waals surface area contributed by atoms with Crippen molar-refractivity contribution in [3.05, 3.63) is 42.6 Å². The summed E-state index contributed by atoms with van der Waals surface area (Å²) < 4.78 is 0. The predicted octanol–water partition coefficient (Wildman–Crippen LogP) is 3.97. The molecule has 0 amide bonds. The molecule has 0 aliphatic heterocycles. The molecule has 0 aliphatic carbocycles. The van der Waals surface area contributed by atoms with E-state index in [1.807, 2.05) is 6.07 Å². The average Bonchev–Trinajstić information content (AvgIpc) is 2.17. The Morgan fingerprint density at radius 3 is 2.27 bits per heavy atom. The molecule has 0 spiro atoms. The van der Waals surface area contributed by atoms with E-state index in [4.69, 9.17) is 0 Å². The number of hydrogen-bond acceptors (Lipinski definition) is 1. The summed E-state index contributed by atoms with van der Waals surface area (Å²) in [6.07, 6.45) is 4.47. The summed E-state index contributed by atoms with van der Waals surface area (Å²) in [5.41, 5.74) is 1.24. The van der Waals surface area contributed by atoms with Crippen LogP contribution in [0.25, 0.3) is 0 Å². The molecule has 0 aliphatic rings. The molecule has 82 valence electrons. The molecular weight excluding hydrogens is 198 g/mol. The Morgan fingerprint density at radius 2 is 1.73 bits per heavy atom. The highest BCUT2D eigenvalue weighted by atomic mass is 28.3. The number of hydrogen-bond donors (Lipinski definition) is 0. The number of allylic oxidation sites excluding steroid dienone is 1. The van der Waals surface area contributed by atoms with Gasteiger partial charge < -0.3 is 4.90 Å². The predicted molar refractivity (Wildman–Crippen MR) is 72.1 cm³/mol. The van der Waals surface area contributed by atoms with Gasteiger partial charge in [-0.2, -0.15) is 0 Å². The molecule has 15 heavy (non-hydrogen) atoms. The van der Waals surface area contributed by atoms with Crippen LogP contribution in [0.3, 0.4) is 0 Å². The van der Waals surface area contributed by atoms with E-state index in [9.17, 15) is 0 Å². The first-order valence-electron chi connectivity index (χ1n) is 5.43. The topological polar surface area (TPSA) is 3.24 Å². The molecule has 1 nitrogen and oxygen atoms in total. The lowest BCUT2D eigenvalue weighted by molar-refractivity contribution is 1.19. The Bertz CT molecular complexity index is 311. The Kier molecular flexibility index (Phi) is 4.15. The van der Waals surface area contributed by atoms with Crippen LogP contribution in [0.4, 0.5) is 5.69 Å². The summed E-state index contributed by atoms with van der Waals surface area (Å²) in [6.45, 7) is 7.17. The molecule has 1 aromatic rings. The number of anilines is 1. The van der Waals surface area contributed by atoms with Crippen molar-refractivity contribution in [1.82, 2.24) is 0 Å². The normalized spacial score (nSPS) is 12.0. The van der Waals surface area contributed by atoms with Crippen LogP contribution >= 0.6 is 0 Å². The van der Waals surface area contributed by atoms with Crippen molar-refractivity contribution in [2.45, 2.75) is 25.7 Å². The fourth-order valence-electron chi connectivity index (χ4n) is 1.31. The van der Waals surface area contributed by atoms with Gasteiger partial charge in [0.1, 0.15) is 0 Å². The summed E-state index contributed by atoms with van der Waals surface area (Å²) in [4.78, 5) is 2.17. The van der Waals surface area contributed by atoms with Gasteiger partial charge in [0.25, 0.3) is 0 Å². The fourth-order valence-corrected chi connectivity index (χ4v) is 2.13. The molecule has 0 N–H and O–H groups in total. The van der Waals surface area contributed by atoms with Gasteiger partial charge in [0.15, 0.2) is 0 Å². The van der Waals surface area contributed by atoms with Crippen LogP contribution in [0.1, 0.15) is 0 Å². The molecule has 0 aromatic heterocycles. The third kappa shape index (κ3) is 4.84. The Morgan fingerprint density at radius 1 is 1.13 bits per heavy atom. The van der Waals surface area contributed by atoms with E-state index >= 15 is 0 Å². The lowest BCUT2D eigenvalue weighted by Crippen LogP contribution is -2.18. The summed E-state index contributed by atoms with van der Waals surface area (Å²) >= 11 is 0. The minimum absolute atomic E-state index is 0.938. The van der Waals surface area contributed by atoms with Crippen LogP contribution in [0, 0.1) is 0 Å². The van der Waals surface area contributed by atoms with Crippen LogP contribution in [0.15, 0.2) is 42.6 Å². The van der Waals surface area contributed by atoms with Crippen LogP contribution < -0.4 is 4.90 Å². The van der Waals surface area contributed by atoms with E-state index in [1.54, 1.807) is 0 Å². The maximum Gasteiger partial charge on any atom is 0.0480 e. The van der Waals surface area contributed by atoms with Crippen LogP contribution in [-0.2, 0) is 0 Å². The van der Waals surface area contributed by atoms with Crippen molar-refractivity contribution >= 4 is 13.8 Å². The van der Waals surface area contributed by atoms with E-state index in [2.05, 4.69) is 68.1 Å². The monoisotopic (exact) mass is 219 g/mol. The van der Waals surface area contributed by atoms with Gasteiger partial charge in [0, 0.05) is 20.8 Å². The number of para-hydroxylation sites is 1. The molecule has 0 unspecified atom stereocenters. The molecular formula is C13H21NSi. The maximum absolute atomic E-state index is 2.39. The first kappa shape index (κ1) is 12.0. The summed E-state index contributed by atoms with van der Waals surface area (Å²) in [7, 11) is 1.15. The lowest BCUT2D eigenvalue weighted by atomic mass is 10.3. The zero-order valence-electron chi connectivity index (χ0n) is 10.2. The highest BCUT2D eigenvalue weighted by molar-refractivity contribution is 6.76. The highest BCUT2D eigenvalue weighted by Crippen LogP contribution is 2.13. The quantitative estimate of drug-likeness (QED) is 0.693. The standard InChI is InChI=1S/C13H21NSi/c1-14(11-8-12-15(2,3)4)13-9-6-5-7-10-13/h5-11H,12H2,1-4H3. The van der Waals surface area contributed by atoms with E-state index in [1.165, 1.54) is 11.7 Å². The molecule has 1 aromatic carbocycles. The van der Waals surface area contributed by atoms with Crippen LogP contribution in [0.5, 0.6) is 0 Å². The molecule has 0 saturated heterocycles. The molecule has 1 rings (SSSR count). The molecule has 0 heterocycles. The Hall–Kier alpha value is -1.02. The molecule has 0 atom stereocenters. The van der Waals surface area contributed by atoms with Gasteiger partial charge in [0.05, 0.1) is 0 Å². The minimum atomic E-state index is -0.938. The average molecular weight is 219 g/mol. The SMILES string of the molecule is CN(C=CC[Si](C)(C)C)c1ccccc1. The first-order valence-corrected chi connectivity index (χ1v) is 9.14. The van der Waals surface area contributed by atoms with Gasteiger partial charge in [-0.05, 0) is 24.4 Å². The Balaban J connectivity index is 2.53. The fraction of sp³-hybridized carbons (Fsp3) is 0.385. The van der Waals surface area contributed by atoms with Gasteiger partial charge in [-0.25, -0.2) is 0 Å². The molecule has 0 fully saturated rings. The molecule has 0 saturated carbocycles. The maximum atomic E-state index is 2.39. The molecule has 2 heteroatoms. The second-order valence-corrected chi connectivity index (χ2v) is 10.6. The minimum Gasteiger partial charge on any atom is -0.351 e. The number of rotatable bonds is 4. The van der Waals surface area contributed by atoms with Gasteiger partial charge in [-0.15, -0.1) is 0 Å². The van der Waals surface area contributed by atoms with Crippen LogP contribution in [0.2, 0.25) is 25.7 Å². The van der Waals surface area contributed by atoms with Crippen LogP contribution in [-0.4, -0.2) is 15.1 Å². The van der Waals surface area contributed by atoms with E-state index in [0.717, 1.165) is 0 Å².